The molecule has 5 heteroatoms. The summed E-state index contributed by atoms with van der Waals surface area (Å²) in [6.07, 6.45) is 1.85. The summed E-state index contributed by atoms with van der Waals surface area (Å²) in [6, 6.07) is 98.9. The van der Waals surface area contributed by atoms with Gasteiger partial charge in [-0.15, -0.1) is 0 Å². The van der Waals surface area contributed by atoms with Crippen molar-refractivity contribution in [2.24, 2.45) is 0 Å². The summed E-state index contributed by atoms with van der Waals surface area (Å²) in [5.41, 5.74) is 23.0. The second-order valence-corrected chi connectivity index (χ2v) is 21.6. The zero-order chi connectivity index (χ0) is 53.3. The monoisotopic (exact) mass is 1030 g/mol. The van der Waals surface area contributed by atoms with Crippen molar-refractivity contribution in [2.45, 2.75) is 19.3 Å². The van der Waals surface area contributed by atoms with Gasteiger partial charge in [-0.1, -0.05) is 196 Å². The predicted octanol–water partition coefficient (Wildman–Crippen LogP) is 19.9. The molecular weight excluding hydrogens is 973 g/mol. The molecule has 2 aliphatic heterocycles. The first-order chi connectivity index (χ1) is 39.4. The third-order valence-corrected chi connectivity index (χ3v) is 16.4. The smallest absolute Gasteiger partial charge is 0.137 e. The third-order valence-electron chi connectivity index (χ3n) is 16.4. The quantitative estimate of drug-likeness (QED) is 0.137. The molecule has 0 spiro atoms. The van der Waals surface area contributed by atoms with Crippen LogP contribution >= 0.6 is 0 Å². The van der Waals surface area contributed by atoms with E-state index in [2.05, 4.69) is 289 Å². The molecule has 0 radical (unpaired) electrons. The molecule has 0 bridgehead atoms. The van der Waals surface area contributed by atoms with E-state index in [4.69, 9.17) is 9.72 Å². The summed E-state index contributed by atoms with van der Waals surface area (Å²) in [6.45, 7) is 5.31. The van der Waals surface area contributed by atoms with E-state index in [1.54, 1.807) is 0 Å². The van der Waals surface area contributed by atoms with Gasteiger partial charge in [0.2, 0.25) is 0 Å². The Bertz CT molecular complexity index is 4230. The summed E-state index contributed by atoms with van der Waals surface area (Å²) in [7, 11) is 0. The van der Waals surface area contributed by atoms with Gasteiger partial charge in [0.25, 0.3) is 0 Å². The molecule has 0 amide bonds. The normalized spacial score (nSPS) is 13.1. The minimum absolute atomic E-state index is 0.320. The third kappa shape index (κ3) is 7.96. The topological polar surface area (TPSA) is 33.5 Å². The maximum absolute atomic E-state index is 6.99. The van der Waals surface area contributed by atoms with Crippen molar-refractivity contribution >= 4 is 44.6 Å². The lowest BCUT2D eigenvalue weighted by molar-refractivity contribution is 0.482. The molecule has 0 saturated heterocycles. The Morgan fingerprint density at radius 3 is 1.41 bits per heavy atom. The van der Waals surface area contributed by atoms with Crippen LogP contribution < -0.4 is 14.5 Å². The van der Waals surface area contributed by atoms with E-state index < -0.39 is 0 Å². The van der Waals surface area contributed by atoms with Gasteiger partial charge in [-0.25, -0.2) is 4.98 Å². The first-order valence-electron chi connectivity index (χ1n) is 27.5. The second-order valence-electron chi connectivity index (χ2n) is 21.6. The molecule has 80 heavy (non-hydrogen) atoms. The van der Waals surface area contributed by atoms with Crippen LogP contribution in [-0.2, 0) is 5.41 Å². The Kier molecular flexibility index (Phi) is 11.2. The maximum atomic E-state index is 6.99. The molecule has 0 aliphatic carbocycles. The standard InChI is InChI=1S/C75H54N4O/c1-75(2)66-39-37-61(80-60-36-38-65-64-29-15-16-33-68(64)79(70(65)47-60)72-35-17-18-40-76-72)48-71(66)78-49-77(69-34-20-32-67(75)74(69)78)73-62(58-43-54(50-21-7-3-8-22-50)41-55(44-58)51-23-9-4-10-24-51)30-19-31-63(73)59-45-56(52-25-11-5-12-26-52)42-57(46-59)53-27-13-6-14-28-53/h3-48H,49H2,1-2H3. The number of hydrogen-bond donors (Lipinski definition) is 0. The number of anilines is 4. The van der Waals surface area contributed by atoms with E-state index in [0.29, 0.717) is 6.67 Å². The molecule has 0 N–H and O–H groups in total. The number of aromatic nitrogens is 2. The van der Waals surface area contributed by atoms with E-state index in [1.165, 1.54) is 72.4 Å². The minimum Gasteiger partial charge on any atom is -0.457 e. The molecule has 0 unspecified atom stereocenters. The SMILES string of the molecule is CC1(C)c2ccc(Oc3ccc4c5ccccc5n(-c5ccccn5)c4c3)cc2N2CN(c3c(-c4cc(-c5ccccc5)cc(-c5ccccc5)c4)cccc3-c3cc(-c4ccccc4)cc(-c4ccccc4)c3)c3cccc1c32. The Labute approximate surface area is 466 Å². The van der Waals surface area contributed by atoms with Crippen molar-refractivity contribution in [3.8, 4) is 84.1 Å². The first kappa shape index (κ1) is 47.0. The van der Waals surface area contributed by atoms with Crippen LogP contribution in [0.3, 0.4) is 0 Å². The molecule has 0 saturated carbocycles. The molecule has 15 rings (SSSR count). The van der Waals surface area contributed by atoms with Crippen LogP contribution in [0.25, 0.3) is 94.4 Å². The van der Waals surface area contributed by atoms with E-state index in [1.807, 2.05) is 18.3 Å². The number of para-hydroxylation sites is 3. The van der Waals surface area contributed by atoms with Crippen LogP contribution in [0, 0.1) is 0 Å². The number of hydrogen-bond acceptors (Lipinski definition) is 4. The van der Waals surface area contributed by atoms with Crippen LogP contribution in [0.1, 0.15) is 25.0 Å². The fraction of sp³-hybridized carbons (Fsp3) is 0.0533. The Balaban J connectivity index is 0.918. The van der Waals surface area contributed by atoms with Crippen molar-refractivity contribution in [3.05, 3.63) is 290 Å². The highest BCUT2D eigenvalue weighted by atomic mass is 16.5. The van der Waals surface area contributed by atoms with Gasteiger partial charge in [-0.3, -0.25) is 4.57 Å². The van der Waals surface area contributed by atoms with Gasteiger partial charge in [-0.2, -0.15) is 0 Å². The van der Waals surface area contributed by atoms with Gasteiger partial charge in [0.15, 0.2) is 0 Å². The molecule has 11 aromatic carbocycles. The van der Waals surface area contributed by atoms with Crippen LogP contribution in [0.15, 0.2) is 279 Å². The fourth-order valence-electron chi connectivity index (χ4n) is 12.6. The van der Waals surface area contributed by atoms with Gasteiger partial charge in [0, 0.05) is 45.6 Å². The average molecular weight is 1030 g/mol. The zero-order valence-corrected chi connectivity index (χ0v) is 44.5. The van der Waals surface area contributed by atoms with Crippen molar-refractivity contribution in [2.75, 3.05) is 16.5 Å². The van der Waals surface area contributed by atoms with Crippen molar-refractivity contribution in [1.29, 1.82) is 0 Å². The number of fused-ring (bicyclic) bond motifs is 5. The fourth-order valence-corrected chi connectivity index (χ4v) is 12.6. The van der Waals surface area contributed by atoms with Gasteiger partial charge < -0.3 is 14.5 Å². The van der Waals surface area contributed by atoms with E-state index in [9.17, 15) is 0 Å². The van der Waals surface area contributed by atoms with Gasteiger partial charge in [0.1, 0.15) is 24.0 Å². The van der Waals surface area contributed by atoms with Crippen LogP contribution in [0.2, 0.25) is 0 Å². The summed E-state index contributed by atoms with van der Waals surface area (Å²) in [4.78, 5) is 9.91. The molecule has 5 nitrogen and oxygen atoms in total. The van der Waals surface area contributed by atoms with E-state index in [-0.39, 0.29) is 5.41 Å². The number of pyridine rings is 1. The molecule has 0 fully saturated rings. The molecular formula is C75H54N4O. The average Bonchev–Trinajstić information content (AvgIpc) is 4.16. The van der Waals surface area contributed by atoms with Crippen LogP contribution in [0.4, 0.5) is 22.7 Å². The van der Waals surface area contributed by atoms with Crippen molar-refractivity contribution < 1.29 is 4.74 Å². The largest absolute Gasteiger partial charge is 0.457 e. The first-order valence-corrected chi connectivity index (χ1v) is 27.5. The Hall–Kier alpha value is -10.2. The van der Waals surface area contributed by atoms with Gasteiger partial charge >= 0.3 is 0 Å². The number of nitrogens with zero attached hydrogens (tertiary/aromatic N) is 4. The predicted molar refractivity (Wildman–Crippen MR) is 332 cm³/mol. The molecule has 13 aromatic rings. The molecule has 0 atom stereocenters. The lowest BCUT2D eigenvalue weighted by atomic mass is 9.73. The van der Waals surface area contributed by atoms with Crippen molar-refractivity contribution in [3.63, 3.8) is 0 Å². The maximum Gasteiger partial charge on any atom is 0.137 e. The zero-order valence-electron chi connectivity index (χ0n) is 44.5. The summed E-state index contributed by atoms with van der Waals surface area (Å²) in [5.74, 6) is 2.40. The van der Waals surface area contributed by atoms with E-state index in [0.717, 1.165) is 67.4 Å². The highest BCUT2D eigenvalue weighted by Gasteiger charge is 2.43. The van der Waals surface area contributed by atoms with Crippen LogP contribution in [0.5, 0.6) is 11.5 Å². The number of ether oxygens (including phenoxy) is 1. The number of benzene rings is 11. The molecule has 2 aliphatic rings. The Morgan fingerprint density at radius 2 is 0.838 bits per heavy atom. The second kappa shape index (κ2) is 19.0. The molecule has 380 valence electrons. The highest BCUT2D eigenvalue weighted by molar-refractivity contribution is 6.09. The molecule has 4 heterocycles. The number of rotatable bonds is 10. The van der Waals surface area contributed by atoms with Gasteiger partial charge in [-0.05, 0) is 146 Å². The lowest BCUT2D eigenvalue weighted by Gasteiger charge is -2.39. The molecule has 2 aromatic heterocycles. The van der Waals surface area contributed by atoms with Gasteiger partial charge in [0.05, 0.1) is 33.8 Å². The summed E-state index contributed by atoms with van der Waals surface area (Å²) >= 11 is 0. The lowest BCUT2D eigenvalue weighted by Crippen LogP contribution is -2.33. The Morgan fingerprint density at radius 1 is 0.350 bits per heavy atom. The van der Waals surface area contributed by atoms with E-state index >= 15 is 0 Å². The highest BCUT2D eigenvalue weighted by Crippen LogP contribution is 2.59. The summed E-state index contributed by atoms with van der Waals surface area (Å²) in [5, 5.41) is 2.33. The van der Waals surface area contributed by atoms with Crippen molar-refractivity contribution in [1.82, 2.24) is 9.55 Å². The van der Waals surface area contributed by atoms with Crippen LogP contribution in [-0.4, -0.2) is 16.2 Å². The summed E-state index contributed by atoms with van der Waals surface area (Å²) < 4.78 is 9.22. The minimum atomic E-state index is -0.320.